The lowest BCUT2D eigenvalue weighted by atomic mass is 9.81. The van der Waals surface area contributed by atoms with Gasteiger partial charge in [-0.25, -0.2) is 4.79 Å². The van der Waals surface area contributed by atoms with E-state index < -0.39 is 0 Å². The molecule has 0 spiro atoms. The molecule has 1 aromatic carbocycles. The number of hydrogen-bond donors (Lipinski definition) is 1. The predicted molar refractivity (Wildman–Crippen MR) is 91.7 cm³/mol. The van der Waals surface area contributed by atoms with Crippen molar-refractivity contribution in [2.24, 2.45) is 11.7 Å². The van der Waals surface area contributed by atoms with E-state index in [4.69, 9.17) is 5.73 Å². The first kappa shape index (κ1) is 16.9. The van der Waals surface area contributed by atoms with E-state index in [1.165, 1.54) is 43.2 Å². The molecule has 2 amide bonds. The van der Waals surface area contributed by atoms with Gasteiger partial charge in [-0.1, -0.05) is 70.2 Å². The van der Waals surface area contributed by atoms with E-state index in [1.807, 2.05) is 4.90 Å². The maximum absolute atomic E-state index is 11.9. The van der Waals surface area contributed by atoms with Crippen LogP contribution in [0, 0.1) is 5.92 Å². The van der Waals surface area contributed by atoms with Gasteiger partial charge in [0.15, 0.2) is 0 Å². The molecule has 2 rings (SSSR count). The molecular weight excluding hydrogens is 272 g/mol. The molecule has 3 heteroatoms. The molecule has 22 heavy (non-hydrogen) atoms. The summed E-state index contributed by atoms with van der Waals surface area (Å²) in [7, 11) is 0. The Bertz CT molecular complexity index is 486. The van der Waals surface area contributed by atoms with Crippen molar-refractivity contribution in [2.45, 2.75) is 64.8 Å². The maximum atomic E-state index is 11.9. The van der Waals surface area contributed by atoms with Crippen LogP contribution in [0.4, 0.5) is 4.79 Å². The summed E-state index contributed by atoms with van der Waals surface area (Å²) in [5.41, 5.74) is 8.37. The van der Waals surface area contributed by atoms with Crippen molar-refractivity contribution in [1.29, 1.82) is 0 Å². The number of amides is 2. The average Bonchev–Trinajstić information content (AvgIpc) is 2.54. The predicted octanol–water partition coefficient (Wildman–Crippen LogP) is 4.66. The van der Waals surface area contributed by atoms with Crippen LogP contribution in [-0.4, -0.2) is 17.5 Å². The lowest BCUT2D eigenvalue weighted by Crippen LogP contribution is -2.45. The lowest BCUT2D eigenvalue weighted by molar-refractivity contribution is 0.140. The first-order valence-corrected chi connectivity index (χ1v) is 8.82. The molecule has 2 N–H and O–H groups in total. The smallest absolute Gasteiger partial charge is 0.315 e. The van der Waals surface area contributed by atoms with Crippen molar-refractivity contribution in [3.05, 3.63) is 35.4 Å². The minimum Gasteiger partial charge on any atom is -0.351 e. The highest BCUT2D eigenvalue weighted by atomic mass is 16.2. The molecule has 0 saturated heterocycles. The number of carbonyl (C=O) groups excluding carboxylic acids is 1. The molecule has 1 aromatic rings. The summed E-state index contributed by atoms with van der Waals surface area (Å²) in [6, 6.07) is 8.45. The van der Waals surface area contributed by atoms with Gasteiger partial charge in [0.05, 0.1) is 6.04 Å². The van der Waals surface area contributed by atoms with Crippen LogP contribution in [-0.2, 0) is 6.42 Å². The molecule has 0 bridgehead atoms. The fourth-order valence-corrected chi connectivity index (χ4v) is 3.77. The number of urea groups is 1. The molecule has 0 aliphatic carbocycles. The number of carbonyl (C=O) groups is 1. The Morgan fingerprint density at radius 2 is 2.05 bits per heavy atom. The number of nitrogens with zero attached hydrogens (tertiary/aromatic N) is 1. The molecule has 0 aromatic heterocycles. The highest BCUT2D eigenvalue weighted by molar-refractivity contribution is 5.73. The second-order valence-electron chi connectivity index (χ2n) is 6.44. The molecule has 1 aliphatic heterocycles. The summed E-state index contributed by atoms with van der Waals surface area (Å²) in [5, 5.41) is 0. The second kappa shape index (κ2) is 8.21. The van der Waals surface area contributed by atoms with Crippen LogP contribution >= 0.6 is 0 Å². The number of fused-ring (bicyclic) bond motifs is 1. The Labute approximate surface area is 134 Å². The highest BCUT2D eigenvalue weighted by Crippen LogP contribution is 2.39. The molecule has 0 fully saturated rings. The van der Waals surface area contributed by atoms with Gasteiger partial charge in [-0.2, -0.15) is 0 Å². The summed E-state index contributed by atoms with van der Waals surface area (Å²) >= 11 is 0. The summed E-state index contributed by atoms with van der Waals surface area (Å²) in [6.45, 7) is 5.23. The quantitative estimate of drug-likeness (QED) is 0.731. The van der Waals surface area contributed by atoms with Gasteiger partial charge in [0.2, 0.25) is 0 Å². The summed E-state index contributed by atoms with van der Waals surface area (Å²) in [6.07, 6.45) is 8.29. The largest absolute Gasteiger partial charge is 0.351 e. The Kier molecular flexibility index (Phi) is 6.29. The van der Waals surface area contributed by atoms with E-state index in [1.54, 1.807) is 0 Å². The van der Waals surface area contributed by atoms with Gasteiger partial charge < -0.3 is 10.6 Å². The standard InChI is InChI=1S/C19H30N2O/c1-3-5-6-7-10-15(4-2)18-17-12-9-8-11-16(17)13-14-21(18)19(20)22/h8-9,11-12,15,18H,3-7,10,13-14H2,1-2H3,(H2,20,22). The minimum atomic E-state index is -0.272. The van der Waals surface area contributed by atoms with Crippen molar-refractivity contribution in [1.82, 2.24) is 4.90 Å². The van der Waals surface area contributed by atoms with Gasteiger partial charge in [-0.3, -0.25) is 0 Å². The first-order valence-electron chi connectivity index (χ1n) is 8.82. The third-order valence-corrected chi connectivity index (χ3v) is 5.01. The van der Waals surface area contributed by atoms with Gasteiger partial charge in [0.25, 0.3) is 0 Å². The molecule has 3 nitrogen and oxygen atoms in total. The lowest BCUT2D eigenvalue weighted by Gasteiger charge is -2.41. The van der Waals surface area contributed by atoms with Crippen molar-refractivity contribution < 1.29 is 4.79 Å². The average molecular weight is 302 g/mol. The van der Waals surface area contributed by atoms with Crippen LogP contribution in [0.5, 0.6) is 0 Å². The van der Waals surface area contributed by atoms with Crippen LogP contribution < -0.4 is 5.73 Å². The Morgan fingerprint density at radius 1 is 1.27 bits per heavy atom. The SMILES string of the molecule is CCCCCCC(CC)C1c2ccccc2CCN1C(N)=O. The maximum Gasteiger partial charge on any atom is 0.315 e. The molecule has 1 heterocycles. The van der Waals surface area contributed by atoms with Crippen LogP contribution in [0.3, 0.4) is 0 Å². The Hall–Kier alpha value is -1.51. The Morgan fingerprint density at radius 3 is 2.73 bits per heavy atom. The van der Waals surface area contributed by atoms with Crippen LogP contribution in [0.15, 0.2) is 24.3 Å². The molecule has 1 aliphatic rings. The third kappa shape index (κ3) is 3.82. The molecular formula is C19H30N2O. The van der Waals surface area contributed by atoms with Crippen LogP contribution in [0.25, 0.3) is 0 Å². The minimum absolute atomic E-state index is 0.161. The van der Waals surface area contributed by atoms with E-state index in [0.29, 0.717) is 5.92 Å². The van der Waals surface area contributed by atoms with Gasteiger partial charge in [-0.15, -0.1) is 0 Å². The molecule has 0 radical (unpaired) electrons. The molecule has 122 valence electrons. The van der Waals surface area contributed by atoms with Gasteiger partial charge in [0.1, 0.15) is 0 Å². The zero-order valence-electron chi connectivity index (χ0n) is 14.1. The Balaban J connectivity index is 2.19. The summed E-state index contributed by atoms with van der Waals surface area (Å²) in [4.78, 5) is 13.8. The fraction of sp³-hybridized carbons (Fsp3) is 0.632. The fourth-order valence-electron chi connectivity index (χ4n) is 3.77. The van der Waals surface area contributed by atoms with Crippen molar-refractivity contribution in [3.63, 3.8) is 0 Å². The molecule has 2 unspecified atom stereocenters. The molecule has 0 saturated carbocycles. The number of hydrogen-bond acceptors (Lipinski definition) is 1. The zero-order chi connectivity index (χ0) is 15.9. The van der Waals surface area contributed by atoms with Crippen LogP contribution in [0.2, 0.25) is 0 Å². The number of rotatable bonds is 7. The van der Waals surface area contributed by atoms with Crippen molar-refractivity contribution >= 4 is 6.03 Å². The normalized spacial score (nSPS) is 18.8. The van der Waals surface area contributed by atoms with E-state index in [0.717, 1.165) is 19.4 Å². The van der Waals surface area contributed by atoms with Gasteiger partial charge in [-0.05, 0) is 29.9 Å². The highest BCUT2D eigenvalue weighted by Gasteiger charge is 2.34. The van der Waals surface area contributed by atoms with E-state index in [2.05, 4.69) is 38.1 Å². The van der Waals surface area contributed by atoms with E-state index >= 15 is 0 Å². The van der Waals surface area contributed by atoms with E-state index in [-0.39, 0.29) is 12.1 Å². The number of unbranched alkanes of at least 4 members (excludes halogenated alkanes) is 3. The van der Waals surface area contributed by atoms with Crippen molar-refractivity contribution in [2.75, 3.05) is 6.54 Å². The van der Waals surface area contributed by atoms with E-state index in [9.17, 15) is 4.79 Å². The van der Waals surface area contributed by atoms with Gasteiger partial charge in [0, 0.05) is 6.54 Å². The molecule has 2 atom stereocenters. The first-order chi connectivity index (χ1) is 10.7. The van der Waals surface area contributed by atoms with Crippen LogP contribution in [0.1, 0.15) is 69.5 Å². The van der Waals surface area contributed by atoms with Gasteiger partial charge >= 0.3 is 6.03 Å². The monoisotopic (exact) mass is 302 g/mol. The third-order valence-electron chi connectivity index (χ3n) is 5.01. The number of primary amides is 1. The second-order valence-corrected chi connectivity index (χ2v) is 6.44. The topological polar surface area (TPSA) is 46.3 Å². The summed E-state index contributed by atoms with van der Waals surface area (Å²) < 4.78 is 0. The zero-order valence-corrected chi connectivity index (χ0v) is 14.1. The number of benzene rings is 1. The van der Waals surface area contributed by atoms with Crippen molar-refractivity contribution in [3.8, 4) is 0 Å². The summed E-state index contributed by atoms with van der Waals surface area (Å²) in [5.74, 6) is 0.505. The number of nitrogens with two attached hydrogens (primary N) is 1.